The van der Waals surface area contributed by atoms with Crippen molar-refractivity contribution in [3.8, 4) is 0 Å². The molecule has 1 heterocycles. The number of hydrogen-bond donors (Lipinski definition) is 0. The normalized spacial score (nSPS) is 10.8. The van der Waals surface area contributed by atoms with E-state index in [-0.39, 0.29) is 5.56 Å². The van der Waals surface area contributed by atoms with E-state index in [9.17, 15) is 8.78 Å². The summed E-state index contributed by atoms with van der Waals surface area (Å²) in [7, 11) is 0. The van der Waals surface area contributed by atoms with Crippen molar-refractivity contribution in [2.45, 2.75) is 20.3 Å². The van der Waals surface area contributed by atoms with Crippen LogP contribution in [0.25, 0.3) is 0 Å². The minimum atomic E-state index is -2.43. The van der Waals surface area contributed by atoms with Gasteiger partial charge in [0.1, 0.15) is 0 Å². The van der Waals surface area contributed by atoms with Gasteiger partial charge in [0.05, 0.1) is 5.56 Å². The van der Waals surface area contributed by atoms with Gasteiger partial charge in [-0.05, 0) is 42.0 Å². The van der Waals surface area contributed by atoms with Crippen molar-refractivity contribution in [2.75, 3.05) is 0 Å². The zero-order valence-corrected chi connectivity index (χ0v) is 8.89. The third kappa shape index (κ3) is 1.73. The Labute approximate surface area is 83.3 Å². The lowest BCUT2D eigenvalue weighted by Crippen LogP contribution is -1.99. The molecule has 0 radical (unpaired) electrons. The van der Waals surface area contributed by atoms with Crippen molar-refractivity contribution >= 4 is 22.6 Å². The van der Waals surface area contributed by atoms with Gasteiger partial charge in [0.2, 0.25) is 0 Å². The molecule has 1 aromatic rings. The molecular weight excluding hydrogens is 275 g/mol. The number of pyridine rings is 1. The highest BCUT2D eigenvalue weighted by atomic mass is 127. The van der Waals surface area contributed by atoms with E-state index in [1.165, 1.54) is 0 Å². The van der Waals surface area contributed by atoms with Gasteiger partial charge in [-0.2, -0.15) is 0 Å². The average molecular weight is 283 g/mol. The van der Waals surface area contributed by atoms with Crippen LogP contribution < -0.4 is 0 Å². The lowest BCUT2D eigenvalue weighted by Gasteiger charge is -2.08. The number of aromatic nitrogens is 1. The van der Waals surface area contributed by atoms with Gasteiger partial charge in [0.25, 0.3) is 6.43 Å². The summed E-state index contributed by atoms with van der Waals surface area (Å²) in [5, 5.41) is 0. The molecule has 1 nitrogen and oxygen atoms in total. The zero-order chi connectivity index (χ0) is 9.30. The molecule has 0 saturated heterocycles. The maximum absolute atomic E-state index is 12.4. The van der Waals surface area contributed by atoms with Crippen LogP contribution in [-0.4, -0.2) is 4.98 Å². The van der Waals surface area contributed by atoms with E-state index in [0.717, 1.165) is 5.56 Å². The van der Waals surface area contributed by atoms with Crippen LogP contribution in [0.1, 0.15) is 23.2 Å². The second kappa shape index (κ2) is 3.64. The Kier molecular flexibility index (Phi) is 2.98. The molecule has 1 rings (SSSR count). The van der Waals surface area contributed by atoms with Gasteiger partial charge in [-0.25, -0.2) is 8.78 Å². The molecule has 0 fully saturated rings. The smallest absolute Gasteiger partial charge is 0.261 e. The van der Waals surface area contributed by atoms with Crippen molar-refractivity contribution in [1.29, 1.82) is 0 Å². The minimum absolute atomic E-state index is 0.0654. The van der Waals surface area contributed by atoms with Crippen LogP contribution in [-0.2, 0) is 0 Å². The standard InChI is InChI=1S/C8H8F2IN/c1-4-3-12-5(2)6(7(4)11)8(9)10/h3,8H,1-2H3. The van der Waals surface area contributed by atoms with Crippen LogP contribution in [0.15, 0.2) is 6.20 Å². The van der Waals surface area contributed by atoms with Gasteiger partial charge in [0.15, 0.2) is 0 Å². The highest BCUT2D eigenvalue weighted by molar-refractivity contribution is 14.1. The SMILES string of the molecule is Cc1cnc(C)c(C(F)F)c1I. The molecule has 4 heteroatoms. The van der Waals surface area contributed by atoms with Crippen molar-refractivity contribution in [1.82, 2.24) is 4.98 Å². The molecule has 0 aromatic carbocycles. The molecule has 66 valence electrons. The first-order valence-corrected chi connectivity index (χ1v) is 4.51. The van der Waals surface area contributed by atoms with Gasteiger partial charge < -0.3 is 0 Å². The Balaban J connectivity index is 3.33. The second-order valence-corrected chi connectivity index (χ2v) is 3.63. The van der Waals surface area contributed by atoms with Crippen molar-refractivity contribution in [3.63, 3.8) is 0 Å². The first-order chi connectivity index (χ1) is 5.54. The van der Waals surface area contributed by atoms with Gasteiger partial charge in [-0.1, -0.05) is 0 Å². The van der Waals surface area contributed by atoms with Gasteiger partial charge >= 0.3 is 0 Å². The predicted octanol–water partition coefficient (Wildman–Crippen LogP) is 3.24. The highest BCUT2D eigenvalue weighted by Crippen LogP contribution is 2.28. The maximum Gasteiger partial charge on any atom is 0.266 e. The Morgan fingerprint density at radius 3 is 2.42 bits per heavy atom. The summed E-state index contributed by atoms with van der Waals surface area (Å²) in [5.41, 5.74) is 1.28. The third-order valence-electron chi connectivity index (χ3n) is 1.64. The molecule has 0 saturated carbocycles. The number of rotatable bonds is 1. The van der Waals surface area contributed by atoms with Crippen molar-refractivity contribution in [2.24, 2.45) is 0 Å². The van der Waals surface area contributed by atoms with Crippen LogP contribution >= 0.6 is 22.6 Å². The number of alkyl halides is 2. The number of nitrogens with zero attached hydrogens (tertiary/aromatic N) is 1. The summed E-state index contributed by atoms with van der Waals surface area (Å²) in [6.07, 6.45) is -0.813. The summed E-state index contributed by atoms with van der Waals surface area (Å²) >= 11 is 1.93. The molecule has 12 heavy (non-hydrogen) atoms. The van der Waals surface area contributed by atoms with Crippen LogP contribution in [0, 0.1) is 17.4 Å². The molecule has 0 amide bonds. The monoisotopic (exact) mass is 283 g/mol. The molecule has 0 aliphatic rings. The Bertz CT molecular complexity index is 299. The maximum atomic E-state index is 12.4. The van der Waals surface area contributed by atoms with E-state index in [1.54, 1.807) is 20.0 Å². The average Bonchev–Trinajstić information content (AvgIpc) is 1.97. The quantitative estimate of drug-likeness (QED) is 0.721. The third-order valence-corrected chi connectivity index (χ3v) is 3.07. The van der Waals surface area contributed by atoms with Gasteiger partial charge in [-0.15, -0.1) is 0 Å². The van der Waals surface area contributed by atoms with Crippen LogP contribution in [0.2, 0.25) is 0 Å². The lowest BCUT2D eigenvalue weighted by molar-refractivity contribution is 0.149. The molecule has 0 bridgehead atoms. The van der Waals surface area contributed by atoms with E-state index in [4.69, 9.17) is 0 Å². The van der Waals surface area contributed by atoms with Gasteiger partial charge in [-0.3, -0.25) is 4.98 Å². The van der Waals surface area contributed by atoms with E-state index in [2.05, 4.69) is 4.98 Å². The molecule has 0 spiro atoms. The van der Waals surface area contributed by atoms with Crippen molar-refractivity contribution in [3.05, 3.63) is 26.6 Å². The fourth-order valence-electron chi connectivity index (χ4n) is 0.945. The van der Waals surface area contributed by atoms with E-state index >= 15 is 0 Å². The molecule has 1 aromatic heterocycles. The Morgan fingerprint density at radius 1 is 1.42 bits per heavy atom. The lowest BCUT2D eigenvalue weighted by atomic mass is 10.1. The topological polar surface area (TPSA) is 12.9 Å². The fourth-order valence-corrected chi connectivity index (χ4v) is 1.71. The summed E-state index contributed by atoms with van der Waals surface area (Å²) in [4.78, 5) is 3.88. The second-order valence-electron chi connectivity index (χ2n) is 2.55. The van der Waals surface area contributed by atoms with Crippen molar-refractivity contribution < 1.29 is 8.78 Å². The summed E-state index contributed by atoms with van der Waals surface area (Å²) in [5.74, 6) is 0. The summed E-state index contributed by atoms with van der Waals surface area (Å²) in [6.45, 7) is 3.38. The summed E-state index contributed by atoms with van der Waals surface area (Å²) in [6, 6.07) is 0. The first-order valence-electron chi connectivity index (χ1n) is 3.43. The molecule has 0 aliphatic heterocycles. The van der Waals surface area contributed by atoms with Crippen LogP contribution in [0.5, 0.6) is 0 Å². The number of aryl methyl sites for hydroxylation is 2. The van der Waals surface area contributed by atoms with E-state index in [1.807, 2.05) is 22.6 Å². The largest absolute Gasteiger partial charge is 0.266 e. The van der Waals surface area contributed by atoms with Crippen LogP contribution in [0.3, 0.4) is 0 Å². The van der Waals surface area contributed by atoms with E-state index in [0.29, 0.717) is 9.26 Å². The number of hydrogen-bond acceptors (Lipinski definition) is 1. The summed E-state index contributed by atoms with van der Waals surface area (Å²) < 4.78 is 25.5. The molecule has 0 unspecified atom stereocenters. The Hall–Kier alpha value is -0.260. The minimum Gasteiger partial charge on any atom is -0.261 e. The molecule has 0 aliphatic carbocycles. The Morgan fingerprint density at radius 2 is 2.00 bits per heavy atom. The molecule has 0 atom stereocenters. The van der Waals surface area contributed by atoms with Gasteiger partial charge in [0, 0.05) is 15.5 Å². The first kappa shape index (κ1) is 9.83. The fraction of sp³-hybridized carbons (Fsp3) is 0.375. The van der Waals surface area contributed by atoms with E-state index < -0.39 is 6.43 Å². The predicted molar refractivity (Wildman–Crippen MR) is 51.4 cm³/mol. The molecular formula is C8H8F2IN. The highest BCUT2D eigenvalue weighted by Gasteiger charge is 2.16. The van der Waals surface area contributed by atoms with Crippen LogP contribution in [0.4, 0.5) is 8.78 Å². The number of halogens is 3. The zero-order valence-electron chi connectivity index (χ0n) is 6.74. The molecule has 0 N–H and O–H groups in total.